The van der Waals surface area contributed by atoms with Crippen LogP contribution in [-0.4, -0.2) is 75.8 Å². The second kappa shape index (κ2) is 6.35. The average Bonchev–Trinajstić information content (AvgIpc) is 2.28. The van der Waals surface area contributed by atoms with Gasteiger partial charge in [0.25, 0.3) is 0 Å². The Morgan fingerprint density at radius 1 is 1.50 bits per heavy atom. The first-order valence-corrected chi connectivity index (χ1v) is 7.48. The molecule has 106 valence electrons. The number of morpholine rings is 1. The lowest BCUT2D eigenvalue weighted by atomic mass is 10.3. The van der Waals surface area contributed by atoms with Gasteiger partial charge in [-0.15, -0.1) is 0 Å². The van der Waals surface area contributed by atoms with Crippen molar-refractivity contribution in [1.29, 1.82) is 0 Å². The molecule has 18 heavy (non-hydrogen) atoms. The first-order valence-electron chi connectivity index (χ1n) is 5.87. The van der Waals surface area contributed by atoms with E-state index in [1.165, 1.54) is 9.21 Å². The number of ether oxygens (including phenoxy) is 1. The molecule has 1 aliphatic rings. The van der Waals surface area contributed by atoms with E-state index in [4.69, 9.17) is 4.74 Å². The zero-order chi connectivity index (χ0) is 13.8. The van der Waals surface area contributed by atoms with E-state index < -0.39 is 10.0 Å². The highest BCUT2D eigenvalue weighted by Crippen LogP contribution is 2.09. The predicted octanol–water partition coefficient (Wildman–Crippen LogP) is -0.692. The average molecular weight is 279 g/mol. The van der Waals surface area contributed by atoms with Gasteiger partial charge in [0.1, 0.15) is 0 Å². The van der Waals surface area contributed by atoms with Crippen LogP contribution in [0.25, 0.3) is 0 Å². The summed E-state index contributed by atoms with van der Waals surface area (Å²) in [5.41, 5.74) is 0. The number of nitrogens with one attached hydrogen (secondary N) is 1. The minimum Gasteiger partial charge on any atom is -0.376 e. The summed E-state index contributed by atoms with van der Waals surface area (Å²) >= 11 is 0. The molecular weight excluding hydrogens is 258 g/mol. The van der Waals surface area contributed by atoms with Gasteiger partial charge in [-0.05, 0) is 6.92 Å². The van der Waals surface area contributed by atoms with Gasteiger partial charge in [0, 0.05) is 33.7 Å². The summed E-state index contributed by atoms with van der Waals surface area (Å²) in [5, 5.41) is 2.54. The second-order valence-electron chi connectivity index (χ2n) is 4.48. The van der Waals surface area contributed by atoms with Crippen molar-refractivity contribution in [3.63, 3.8) is 0 Å². The normalized spacial score (nSPS) is 21.6. The van der Waals surface area contributed by atoms with Crippen LogP contribution in [0.2, 0.25) is 0 Å². The molecule has 7 nitrogen and oxygen atoms in total. The van der Waals surface area contributed by atoms with Crippen LogP contribution >= 0.6 is 0 Å². The van der Waals surface area contributed by atoms with Gasteiger partial charge in [-0.2, -0.15) is 4.31 Å². The quantitative estimate of drug-likeness (QED) is 0.738. The molecule has 1 atom stereocenters. The van der Waals surface area contributed by atoms with Crippen molar-refractivity contribution in [2.24, 2.45) is 0 Å². The van der Waals surface area contributed by atoms with Crippen LogP contribution in [0.3, 0.4) is 0 Å². The van der Waals surface area contributed by atoms with Crippen molar-refractivity contribution >= 4 is 16.1 Å². The van der Waals surface area contributed by atoms with Crippen LogP contribution in [0.1, 0.15) is 6.92 Å². The number of nitrogens with zero attached hydrogens (tertiary/aromatic N) is 2. The van der Waals surface area contributed by atoms with Crippen LogP contribution in [0.15, 0.2) is 0 Å². The highest BCUT2D eigenvalue weighted by Gasteiger charge is 2.27. The summed E-state index contributed by atoms with van der Waals surface area (Å²) in [4.78, 5) is 12.6. The lowest BCUT2D eigenvalue weighted by Gasteiger charge is -2.30. The summed E-state index contributed by atoms with van der Waals surface area (Å²) in [5.74, 6) is -0.0840. The number of amides is 2. The van der Waals surface area contributed by atoms with E-state index in [9.17, 15) is 13.2 Å². The first kappa shape index (κ1) is 15.2. The number of sulfonamides is 1. The molecule has 1 N–H and O–H groups in total. The van der Waals surface area contributed by atoms with Crippen LogP contribution in [-0.2, 0) is 14.8 Å². The number of carbonyl (C=O) groups is 1. The summed E-state index contributed by atoms with van der Waals surface area (Å²) in [6.45, 7) is 3.14. The number of rotatable bonds is 4. The Balaban J connectivity index is 2.42. The zero-order valence-corrected chi connectivity index (χ0v) is 11.9. The molecule has 0 spiro atoms. The van der Waals surface area contributed by atoms with Gasteiger partial charge in [-0.3, -0.25) is 0 Å². The number of urea groups is 1. The Bertz CT molecular complexity index is 383. The van der Waals surface area contributed by atoms with E-state index in [-0.39, 0.29) is 24.4 Å². The van der Waals surface area contributed by atoms with E-state index in [0.717, 1.165) is 0 Å². The van der Waals surface area contributed by atoms with Crippen LogP contribution in [0.4, 0.5) is 4.79 Å². The fourth-order valence-corrected chi connectivity index (χ4v) is 3.02. The van der Waals surface area contributed by atoms with Gasteiger partial charge in [0.2, 0.25) is 10.0 Å². The topological polar surface area (TPSA) is 79.0 Å². The van der Waals surface area contributed by atoms with E-state index >= 15 is 0 Å². The smallest absolute Gasteiger partial charge is 0.316 e. The Hall–Kier alpha value is -0.860. The molecule has 0 bridgehead atoms. The number of carbonyl (C=O) groups excluding carboxylic acids is 1. The molecule has 1 rings (SSSR count). The lowest BCUT2D eigenvalue weighted by Crippen LogP contribution is -2.47. The van der Waals surface area contributed by atoms with Gasteiger partial charge < -0.3 is 15.0 Å². The summed E-state index contributed by atoms with van der Waals surface area (Å²) in [6.07, 6.45) is -0.0788. The first-order chi connectivity index (χ1) is 8.33. The van der Waals surface area contributed by atoms with E-state index in [2.05, 4.69) is 5.32 Å². The SMILES string of the molecule is CC1CN(S(=O)(=O)CCNC(=O)N(C)C)CCO1. The molecule has 0 aromatic rings. The summed E-state index contributed by atoms with van der Waals surface area (Å²) < 4.78 is 30.7. The maximum atomic E-state index is 12.0. The van der Waals surface area contributed by atoms with Crippen LogP contribution in [0, 0.1) is 0 Å². The Morgan fingerprint density at radius 2 is 2.17 bits per heavy atom. The fourth-order valence-electron chi connectivity index (χ4n) is 1.61. The van der Waals surface area contributed by atoms with Crippen molar-refractivity contribution in [1.82, 2.24) is 14.5 Å². The van der Waals surface area contributed by atoms with Gasteiger partial charge in [-0.1, -0.05) is 0 Å². The van der Waals surface area contributed by atoms with Crippen molar-refractivity contribution in [2.75, 3.05) is 46.1 Å². The number of hydrogen-bond donors (Lipinski definition) is 1. The standard InChI is InChI=1S/C10H21N3O4S/c1-9-8-13(5-6-17-9)18(15,16)7-4-11-10(14)12(2)3/h9H,4-8H2,1-3H3,(H,11,14). The molecule has 8 heteroatoms. The third-order valence-corrected chi connectivity index (χ3v) is 4.48. The predicted molar refractivity (Wildman–Crippen MR) is 67.9 cm³/mol. The van der Waals surface area contributed by atoms with Crippen molar-refractivity contribution in [3.05, 3.63) is 0 Å². The van der Waals surface area contributed by atoms with Crippen LogP contribution in [0.5, 0.6) is 0 Å². The van der Waals surface area contributed by atoms with Crippen LogP contribution < -0.4 is 5.32 Å². The molecule has 1 fully saturated rings. The molecule has 1 saturated heterocycles. The molecule has 0 aliphatic carbocycles. The Labute approximate surface area is 108 Å². The van der Waals surface area contributed by atoms with Crippen molar-refractivity contribution in [2.45, 2.75) is 13.0 Å². The third kappa shape index (κ3) is 4.43. The molecule has 1 unspecified atom stereocenters. The highest BCUT2D eigenvalue weighted by atomic mass is 32.2. The fraction of sp³-hybridized carbons (Fsp3) is 0.900. The maximum absolute atomic E-state index is 12.0. The largest absolute Gasteiger partial charge is 0.376 e. The molecule has 1 heterocycles. The monoisotopic (exact) mass is 279 g/mol. The van der Waals surface area contributed by atoms with E-state index in [0.29, 0.717) is 19.7 Å². The second-order valence-corrected chi connectivity index (χ2v) is 6.57. The summed E-state index contributed by atoms with van der Waals surface area (Å²) in [7, 11) is -0.108. The third-order valence-electron chi connectivity index (χ3n) is 2.64. The minimum absolute atomic E-state index is 0.0788. The molecule has 1 aliphatic heterocycles. The summed E-state index contributed by atoms with van der Waals surface area (Å²) in [6, 6.07) is -0.291. The molecular formula is C10H21N3O4S. The maximum Gasteiger partial charge on any atom is 0.316 e. The Kier molecular flexibility index (Phi) is 5.36. The minimum atomic E-state index is -3.32. The lowest BCUT2D eigenvalue weighted by molar-refractivity contribution is 0.0102. The van der Waals surface area contributed by atoms with Gasteiger partial charge in [0.05, 0.1) is 18.5 Å². The molecule has 2 amide bonds. The molecule has 0 aromatic carbocycles. The van der Waals surface area contributed by atoms with Crippen molar-refractivity contribution < 1.29 is 17.9 Å². The molecule has 0 aromatic heterocycles. The zero-order valence-electron chi connectivity index (χ0n) is 11.0. The number of hydrogen-bond acceptors (Lipinski definition) is 4. The molecule has 0 radical (unpaired) electrons. The molecule has 0 saturated carbocycles. The van der Waals surface area contributed by atoms with Gasteiger partial charge in [-0.25, -0.2) is 13.2 Å². The highest BCUT2D eigenvalue weighted by molar-refractivity contribution is 7.89. The van der Waals surface area contributed by atoms with Gasteiger partial charge >= 0.3 is 6.03 Å². The van der Waals surface area contributed by atoms with E-state index in [1.807, 2.05) is 6.92 Å². The Morgan fingerprint density at radius 3 is 2.72 bits per heavy atom. The van der Waals surface area contributed by atoms with E-state index in [1.54, 1.807) is 14.1 Å². The van der Waals surface area contributed by atoms with Crippen molar-refractivity contribution in [3.8, 4) is 0 Å². The van der Waals surface area contributed by atoms with Gasteiger partial charge in [0.15, 0.2) is 0 Å².